The minimum Gasteiger partial charge on any atom is -0.361 e. The van der Waals surface area contributed by atoms with Crippen molar-refractivity contribution in [3.8, 4) is 0 Å². The topological polar surface area (TPSA) is 44.9 Å². The molecule has 0 spiro atoms. The first kappa shape index (κ1) is 12.8. The monoisotopic (exact) mass is 284 g/mol. The Morgan fingerprint density at radius 1 is 1.15 bits per heavy atom. The van der Waals surface area contributed by atoms with E-state index in [2.05, 4.69) is 10.3 Å². The molecule has 1 heterocycles. The standard InChI is InChI=1S/C16H13ClN2O/c17-14-3-1-2-11(8-14)10-19-16(20)13-4-5-15-12(9-13)6-7-18-15/h1-9,18H,10H2,(H,19,20). The second kappa shape index (κ2) is 5.39. The molecule has 3 rings (SSSR count). The summed E-state index contributed by atoms with van der Waals surface area (Å²) >= 11 is 5.91. The van der Waals surface area contributed by atoms with Crippen LogP contribution in [0.25, 0.3) is 10.9 Å². The minimum atomic E-state index is -0.0897. The summed E-state index contributed by atoms with van der Waals surface area (Å²) in [6.07, 6.45) is 1.86. The molecule has 20 heavy (non-hydrogen) atoms. The van der Waals surface area contributed by atoms with E-state index in [0.29, 0.717) is 17.1 Å². The number of fused-ring (bicyclic) bond motifs is 1. The minimum absolute atomic E-state index is 0.0897. The molecule has 100 valence electrons. The van der Waals surface area contributed by atoms with Crippen molar-refractivity contribution >= 4 is 28.4 Å². The number of halogens is 1. The highest BCUT2D eigenvalue weighted by molar-refractivity contribution is 6.30. The Bertz CT molecular complexity index is 764. The van der Waals surface area contributed by atoms with Crippen molar-refractivity contribution in [1.82, 2.24) is 10.3 Å². The van der Waals surface area contributed by atoms with Gasteiger partial charge in [0, 0.05) is 34.2 Å². The lowest BCUT2D eigenvalue weighted by atomic mass is 10.1. The zero-order valence-corrected chi connectivity index (χ0v) is 11.4. The molecule has 1 aromatic heterocycles. The van der Waals surface area contributed by atoms with E-state index in [4.69, 9.17) is 11.6 Å². The summed E-state index contributed by atoms with van der Waals surface area (Å²) in [5.41, 5.74) is 2.66. The molecule has 0 aliphatic heterocycles. The zero-order valence-electron chi connectivity index (χ0n) is 10.7. The third-order valence-electron chi connectivity index (χ3n) is 3.16. The van der Waals surface area contributed by atoms with Gasteiger partial charge in [0.05, 0.1) is 0 Å². The maximum Gasteiger partial charge on any atom is 0.251 e. The molecule has 0 aliphatic rings. The number of H-pyrrole nitrogens is 1. The summed E-state index contributed by atoms with van der Waals surface area (Å²) in [7, 11) is 0. The van der Waals surface area contributed by atoms with E-state index in [-0.39, 0.29) is 5.91 Å². The first-order valence-corrected chi connectivity index (χ1v) is 6.70. The van der Waals surface area contributed by atoms with E-state index in [1.165, 1.54) is 0 Å². The highest BCUT2D eigenvalue weighted by Gasteiger charge is 2.06. The fraction of sp³-hybridized carbons (Fsp3) is 0.0625. The lowest BCUT2D eigenvalue weighted by Crippen LogP contribution is -2.22. The number of carbonyl (C=O) groups excluding carboxylic acids is 1. The number of carbonyl (C=O) groups is 1. The largest absolute Gasteiger partial charge is 0.361 e. The van der Waals surface area contributed by atoms with E-state index < -0.39 is 0 Å². The molecule has 3 nitrogen and oxygen atoms in total. The van der Waals surface area contributed by atoms with Gasteiger partial charge in [-0.1, -0.05) is 23.7 Å². The summed E-state index contributed by atoms with van der Waals surface area (Å²) in [5, 5.41) is 4.59. The molecule has 0 bridgehead atoms. The third-order valence-corrected chi connectivity index (χ3v) is 3.39. The van der Waals surface area contributed by atoms with Gasteiger partial charge >= 0.3 is 0 Å². The Balaban J connectivity index is 1.72. The van der Waals surface area contributed by atoms with Gasteiger partial charge in [-0.2, -0.15) is 0 Å². The number of benzene rings is 2. The van der Waals surface area contributed by atoms with E-state index in [1.54, 1.807) is 0 Å². The molecule has 0 fully saturated rings. The van der Waals surface area contributed by atoms with Crippen LogP contribution in [0.5, 0.6) is 0 Å². The molecule has 2 N–H and O–H groups in total. The summed E-state index contributed by atoms with van der Waals surface area (Å²) in [4.78, 5) is 15.2. The average Bonchev–Trinajstić information content (AvgIpc) is 2.92. The van der Waals surface area contributed by atoms with Gasteiger partial charge in [0.25, 0.3) is 5.91 Å². The fourth-order valence-corrected chi connectivity index (χ4v) is 2.34. The zero-order chi connectivity index (χ0) is 13.9. The molecule has 0 saturated heterocycles. The van der Waals surface area contributed by atoms with Crippen LogP contribution in [0.2, 0.25) is 5.02 Å². The van der Waals surface area contributed by atoms with E-state index in [1.807, 2.05) is 54.7 Å². The number of rotatable bonds is 3. The number of amides is 1. The summed E-state index contributed by atoms with van der Waals surface area (Å²) in [6.45, 7) is 0.463. The van der Waals surface area contributed by atoms with Crippen molar-refractivity contribution in [1.29, 1.82) is 0 Å². The van der Waals surface area contributed by atoms with E-state index in [9.17, 15) is 4.79 Å². The van der Waals surface area contributed by atoms with Crippen molar-refractivity contribution in [2.24, 2.45) is 0 Å². The Hall–Kier alpha value is -2.26. The number of aromatic amines is 1. The number of hydrogen-bond donors (Lipinski definition) is 2. The average molecular weight is 285 g/mol. The van der Waals surface area contributed by atoms with Crippen LogP contribution in [0.15, 0.2) is 54.7 Å². The first-order chi connectivity index (χ1) is 9.72. The van der Waals surface area contributed by atoms with Gasteiger partial charge in [-0.3, -0.25) is 4.79 Å². The van der Waals surface area contributed by atoms with Crippen molar-refractivity contribution in [3.05, 3.63) is 70.9 Å². The van der Waals surface area contributed by atoms with Crippen LogP contribution < -0.4 is 5.32 Å². The van der Waals surface area contributed by atoms with Crippen molar-refractivity contribution in [2.45, 2.75) is 6.54 Å². The molecule has 0 aliphatic carbocycles. The smallest absolute Gasteiger partial charge is 0.251 e. The maximum atomic E-state index is 12.1. The number of hydrogen-bond acceptors (Lipinski definition) is 1. The molecule has 0 saturated carbocycles. The molecule has 2 aromatic carbocycles. The van der Waals surface area contributed by atoms with Crippen molar-refractivity contribution < 1.29 is 4.79 Å². The highest BCUT2D eigenvalue weighted by Crippen LogP contribution is 2.15. The lowest BCUT2D eigenvalue weighted by Gasteiger charge is -2.06. The van der Waals surface area contributed by atoms with Gasteiger partial charge in [-0.15, -0.1) is 0 Å². The lowest BCUT2D eigenvalue weighted by molar-refractivity contribution is 0.0951. The Kier molecular flexibility index (Phi) is 3.44. The Morgan fingerprint density at radius 2 is 2.05 bits per heavy atom. The summed E-state index contributed by atoms with van der Waals surface area (Å²) in [6, 6.07) is 15.0. The molecule has 0 unspecified atom stereocenters. The summed E-state index contributed by atoms with van der Waals surface area (Å²) < 4.78 is 0. The third kappa shape index (κ3) is 2.68. The summed E-state index contributed by atoms with van der Waals surface area (Å²) in [5.74, 6) is -0.0897. The normalized spacial score (nSPS) is 10.7. The molecular formula is C16H13ClN2O. The van der Waals surface area contributed by atoms with Crippen LogP contribution in [-0.2, 0) is 6.54 Å². The molecule has 4 heteroatoms. The van der Waals surface area contributed by atoms with Gasteiger partial charge in [-0.25, -0.2) is 0 Å². The fourth-order valence-electron chi connectivity index (χ4n) is 2.13. The van der Waals surface area contributed by atoms with Gasteiger partial charge in [-0.05, 0) is 42.0 Å². The van der Waals surface area contributed by atoms with Gasteiger partial charge in [0.15, 0.2) is 0 Å². The number of nitrogens with one attached hydrogen (secondary N) is 2. The number of aromatic nitrogens is 1. The van der Waals surface area contributed by atoms with E-state index in [0.717, 1.165) is 16.5 Å². The van der Waals surface area contributed by atoms with Crippen LogP contribution >= 0.6 is 11.6 Å². The van der Waals surface area contributed by atoms with Crippen LogP contribution in [-0.4, -0.2) is 10.9 Å². The Labute approximate surface area is 121 Å². The van der Waals surface area contributed by atoms with Gasteiger partial charge in [0.1, 0.15) is 0 Å². The molecular weight excluding hydrogens is 272 g/mol. The van der Waals surface area contributed by atoms with Crippen LogP contribution in [0.3, 0.4) is 0 Å². The van der Waals surface area contributed by atoms with Crippen LogP contribution in [0, 0.1) is 0 Å². The second-order valence-corrected chi connectivity index (χ2v) is 5.03. The second-order valence-electron chi connectivity index (χ2n) is 4.59. The predicted octanol–water partition coefficient (Wildman–Crippen LogP) is 3.75. The van der Waals surface area contributed by atoms with Crippen LogP contribution in [0.4, 0.5) is 0 Å². The highest BCUT2D eigenvalue weighted by atomic mass is 35.5. The molecule has 1 amide bonds. The van der Waals surface area contributed by atoms with Gasteiger partial charge < -0.3 is 10.3 Å². The quantitative estimate of drug-likeness (QED) is 0.756. The van der Waals surface area contributed by atoms with Gasteiger partial charge in [0.2, 0.25) is 0 Å². The maximum absolute atomic E-state index is 12.1. The van der Waals surface area contributed by atoms with Crippen molar-refractivity contribution in [2.75, 3.05) is 0 Å². The van der Waals surface area contributed by atoms with Crippen LogP contribution in [0.1, 0.15) is 15.9 Å². The molecule has 0 radical (unpaired) electrons. The van der Waals surface area contributed by atoms with Crippen molar-refractivity contribution in [3.63, 3.8) is 0 Å². The predicted molar refractivity (Wildman–Crippen MR) is 80.9 cm³/mol. The Morgan fingerprint density at radius 3 is 2.90 bits per heavy atom. The SMILES string of the molecule is O=C(NCc1cccc(Cl)c1)c1ccc2[nH]ccc2c1. The molecule has 0 atom stereocenters. The first-order valence-electron chi connectivity index (χ1n) is 6.32. The van der Waals surface area contributed by atoms with E-state index >= 15 is 0 Å². The molecule has 3 aromatic rings.